The normalized spacial score (nSPS) is 11.9. The van der Waals surface area contributed by atoms with Crippen molar-refractivity contribution in [3.63, 3.8) is 0 Å². The van der Waals surface area contributed by atoms with Gasteiger partial charge in [-0.1, -0.05) is 176 Å². The van der Waals surface area contributed by atoms with Crippen LogP contribution in [0.15, 0.2) is 241 Å². The third kappa shape index (κ3) is 6.02. The third-order valence-corrected chi connectivity index (χ3v) is 15.1. The van der Waals surface area contributed by atoms with Gasteiger partial charge in [-0.15, -0.1) is 11.3 Å². The van der Waals surface area contributed by atoms with Crippen molar-refractivity contribution < 1.29 is 4.42 Å². The lowest BCUT2D eigenvalue weighted by atomic mass is 9.90. The van der Waals surface area contributed by atoms with Crippen molar-refractivity contribution in [2.75, 3.05) is 4.90 Å². The summed E-state index contributed by atoms with van der Waals surface area (Å²) >= 11 is 1.87. The number of anilines is 3. The monoisotopic (exact) mass is 869 g/mol. The van der Waals surface area contributed by atoms with Gasteiger partial charge in [0.05, 0.1) is 0 Å². The van der Waals surface area contributed by atoms with Crippen molar-refractivity contribution in [3.05, 3.63) is 237 Å². The lowest BCUT2D eigenvalue weighted by molar-refractivity contribution is 0.670. The van der Waals surface area contributed by atoms with Crippen LogP contribution in [-0.4, -0.2) is 0 Å². The highest BCUT2D eigenvalue weighted by Gasteiger charge is 2.21. The number of thiophene rings is 1. The summed E-state index contributed by atoms with van der Waals surface area (Å²) in [6, 6.07) is 86.3. The molecule has 0 aliphatic rings. The van der Waals surface area contributed by atoms with Gasteiger partial charge in [-0.2, -0.15) is 0 Å². The second kappa shape index (κ2) is 15.0. The number of furan rings is 1. The molecule has 312 valence electrons. The van der Waals surface area contributed by atoms with E-state index in [4.69, 9.17) is 4.42 Å². The van der Waals surface area contributed by atoms with E-state index in [1.165, 1.54) is 85.5 Å². The lowest BCUT2D eigenvalue weighted by Gasteiger charge is -2.26. The van der Waals surface area contributed by atoms with E-state index >= 15 is 0 Å². The molecule has 12 aromatic carbocycles. The molecule has 14 aromatic rings. The van der Waals surface area contributed by atoms with E-state index < -0.39 is 0 Å². The lowest BCUT2D eigenvalue weighted by Crippen LogP contribution is -2.09. The maximum absolute atomic E-state index is 7.03. The zero-order valence-electron chi connectivity index (χ0n) is 36.3. The first-order valence-corrected chi connectivity index (χ1v) is 23.7. The van der Waals surface area contributed by atoms with Crippen molar-refractivity contribution in [3.8, 4) is 33.4 Å². The van der Waals surface area contributed by atoms with Gasteiger partial charge in [0.2, 0.25) is 0 Å². The van der Waals surface area contributed by atoms with Gasteiger partial charge in [0, 0.05) is 53.6 Å². The first-order valence-electron chi connectivity index (χ1n) is 22.9. The number of hydrogen-bond donors (Lipinski definition) is 0. The first kappa shape index (κ1) is 37.8. The molecule has 0 saturated heterocycles. The molecule has 0 N–H and O–H groups in total. The Morgan fingerprint density at radius 1 is 0.313 bits per heavy atom. The molecule has 0 radical (unpaired) electrons. The van der Waals surface area contributed by atoms with E-state index in [1.54, 1.807) is 0 Å². The molecular formula is C64H39NOS. The quantitative estimate of drug-likeness (QED) is 0.155. The highest BCUT2D eigenvalue weighted by Crippen LogP contribution is 2.47. The van der Waals surface area contributed by atoms with Crippen LogP contribution in [0.2, 0.25) is 0 Å². The molecule has 0 amide bonds. The Balaban J connectivity index is 0.945. The average molecular weight is 870 g/mol. The van der Waals surface area contributed by atoms with Crippen molar-refractivity contribution in [2.24, 2.45) is 0 Å². The minimum atomic E-state index is 0.860. The summed E-state index contributed by atoms with van der Waals surface area (Å²) in [5.41, 5.74) is 12.1. The minimum Gasteiger partial charge on any atom is -0.455 e. The van der Waals surface area contributed by atoms with E-state index in [1.807, 2.05) is 11.3 Å². The molecule has 0 aliphatic heterocycles. The molecule has 2 nitrogen and oxygen atoms in total. The van der Waals surface area contributed by atoms with Gasteiger partial charge in [-0.25, -0.2) is 0 Å². The number of fused-ring (bicyclic) bond motifs is 13. The van der Waals surface area contributed by atoms with Crippen molar-refractivity contribution in [2.45, 2.75) is 0 Å². The largest absolute Gasteiger partial charge is 0.455 e. The van der Waals surface area contributed by atoms with Crippen LogP contribution in [0.3, 0.4) is 0 Å². The topological polar surface area (TPSA) is 16.4 Å². The fraction of sp³-hybridized carbons (Fsp3) is 0. The number of hydrogen-bond acceptors (Lipinski definition) is 3. The van der Waals surface area contributed by atoms with Gasteiger partial charge in [0.15, 0.2) is 0 Å². The Morgan fingerprint density at radius 3 is 1.60 bits per heavy atom. The fourth-order valence-electron chi connectivity index (χ4n) is 10.7. The summed E-state index contributed by atoms with van der Waals surface area (Å²) in [5.74, 6) is 0. The molecule has 0 bridgehead atoms. The van der Waals surface area contributed by atoms with E-state index in [-0.39, 0.29) is 0 Å². The summed E-state index contributed by atoms with van der Waals surface area (Å²) in [6.07, 6.45) is 0. The van der Waals surface area contributed by atoms with Gasteiger partial charge in [-0.05, 0) is 132 Å². The van der Waals surface area contributed by atoms with Gasteiger partial charge < -0.3 is 9.32 Å². The molecule has 2 heterocycles. The fourth-order valence-corrected chi connectivity index (χ4v) is 11.9. The molecule has 0 atom stereocenters. The summed E-state index contributed by atoms with van der Waals surface area (Å²) in [7, 11) is 0. The summed E-state index contributed by atoms with van der Waals surface area (Å²) < 4.78 is 9.66. The average Bonchev–Trinajstić information content (AvgIpc) is 3.97. The maximum Gasteiger partial charge on any atom is 0.143 e. The van der Waals surface area contributed by atoms with Gasteiger partial charge >= 0.3 is 0 Å². The Morgan fingerprint density at radius 2 is 0.866 bits per heavy atom. The van der Waals surface area contributed by atoms with Crippen molar-refractivity contribution in [1.29, 1.82) is 0 Å². The molecule has 0 fully saturated rings. The molecule has 2 aromatic heterocycles. The Hall–Kier alpha value is -8.50. The van der Waals surface area contributed by atoms with E-state index in [9.17, 15) is 0 Å². The molecule has 0 unspecified atom stereocenters. The van der Waals surface area contributed by atoms with Crippen molar-refractivity contribution in [1.82, 2.24) is 0 Å². The van der Waals surface area contributed by atoms with Crippen LogP contribution in [0.5, 0.6) is 0 Å². The zero-order chi connectivity index (χ0) is 44.0. The molecule has 0 spiro atoms. The predicted octanol–water partition coefficient (Wildman–Crippen LogP) is 19.0. The standard InChI is InChI=1S/C64H39NOS/c1-2-13-40(14-3-1)41-25-30-45(31-26-41)65(46-32-27-42(28-33-46)49-22-12-23-56-55-21-10-11-24-61(55)67-64(49)56)47-34-36-60-58(39-47)59-37-43-15-4-5-16-48(43)62(63(59)66-60)44-29-35-54-52-19-7-6-17-50(52)51-18-8-9-20-53(51)57(54)38-44/h1-39H. The van der Waals surface area contributed by atoms with Crippen molar-refractivity contribution >= 4 is 114 Å². The van der Waals surface area contributed by atoms with E-state index in [0.717, 1.165) is 50.1 Å². The third-order valence-electron chi connectivity index (χ3n) is 13.8. The predicted molar refractivity (Wildman–Crippen MR) is 288 cm³/mol. The molecular weight excluding hydrogens is 831 g/mol. The maximum atomic E-state index is 7.03. The second-order valence-electron chi connectivity index (χ2n) is 17.6. The Kier molecular flexibility index (Phi) is 8.49. The number of rotatable bonds is 6. The summed E-state index contributed by atoms with van der Waals surface area (Å²) in [5, 5.41) is 14.7. The second-order valence-corrected chi connectivity index (χ2v) is 18.6. The molecule has 14 rings (SSSR count). The van der Waals surface area contributed by atoms with Crippen LogP contribution in [-0.2, 0) is 0 Å². The molecule has 67 heavy (non-hydrogen) atoms. The molecule has 0 aliphatic carbocycles. The first-order chi connectivity index (χ1) is 33.2. The van der Waals surface area contributed by atoms with Gasteiger partial charge in [-0.3, -0.25) is 0 Å². The highest BCUT2D eigenvalue weighted by molar-refractivity contribution is 7.26. The highest BCUT2D eigenvalue weighted by atomic mass is 32.1. The minimum absolute atomic E-state index is 0.860. The van der Waals surface area contributed by atoms with Crippen LogP contribution in [0, 0.1) is 0 Å². The SMILES string of the molecule is c1ccc(-c2ccc(N(c3ccc(-c4cccc5c4sc4ccccc45)cc3)c3ccc4oc5c(-c6ccc7c8ccccc8c8ccccc8c7c6)c6ccccc6cc5c4c3)cc2)cc1. The summed E-state index contributed by atoms with van der Waals surface area (Å²) in [4.78, 5) is 2.37. The van der Waals surface area contributed by atoms with E-state index in [2.05, 4.69) is 241 Å². The smallest absolute Gasteiger partial charge is 0.143 e. The number of benzene rings is 12. The van der Waals surface area contributed by atoms with Crippen LogP contribution in [0.4, 0.5) is 17.1 Å². The zero-order valence-corrected chi connectivity index (χ0v) is 37.1. The van der Waals surface area contributed by atoms with Crippen LogP contribution < -0.4 is 4.90 Å². The Bertz CT molecular complexity index is 4220. The van der Waals surface area contributed by atoms with Gasteiger partial charge in [0.1, 0.15) is 11.2 Å². The molecule has 0 saturated carbocycles. The van der Waals surface area contributed by atoms with Crippen LogP contribution in [0.1, 0.15) is 0 Å². The Labute approximate surface area is 390 Å². The van der Waals surface area contributed by atoms with Crippen LogP contribution >= 0.6 is 11.3 Å². The molecule has 3 heteroatoms. The van der Waals surface area contributed by atoms with E-state index in [0.29, 0.717) is 0 Å². The summed E-state index contributed by atoms with van der Waals surface area (Å²) in [6.45, 7) is 0. The van der Waals surface area contributed by atoms with Gasteiger partial charge in [0.25, 0.3) is 0 Å². The van der Waals surface area contributed by atoms with Crippen LogP contribution in [0.25, 0.3) is 119 Å². The number of nitrogens with zero attached hydrogens (tertiary/aromatic N) is 1.